The second-order valence-electron chi connectivity index (χ2n) is 5.58. The molecule has 5 heteroatoms. The molecule has 1 amide bonds. The second-order valence-corrected chi connectivity index (χ2v) is 5.58. The molecule has 4 nitrogen and oxygen atoms in total. The van der Waals surface area contributed by atoms with Crippen molar-refractivity contribution < 1.29 is 13.9 Å². The highest BCUT2D eigenvalue weighted by Crippen LogP contribution is 2.25. The van der Waals surface area contributed by atoms with Gasteiger partial charge in [-0.25, -0.2) is 4.39 Å². The van der Waals surface area contributed by atoms with E-state index in [2.05, 4.69) is 10.6 Å². The molecule has 2 N–H and O–H groups in total. The number of hydrogen-bond acceptors (Lipinski definition) is 3. The van der Waals surface area contributed by atoms with Gasteiger partial charge in [-0.15, -0.1) is 0 Å². The average Bonchev–Trinajstić information content (AvgIpc) is 2.44. The lowest BCUT2D eigenvalue weighted by Gasteiger charge is -2.19. The van der Waals surface area contributed by atoms with Crippen LogP contribution >= 0.6 is 0 Å². The molecule has 0 aliphatic heterocycles. The van der Waals surface area contributed by atoms with Crippen LogP contribution in [0.5, 0.6) is 5.75 Å². The van der Waals surface area contributed by atoms with Crippen molar-refractivity contribution in [1.82, 2.24) is 10.6 Å². The highest BCUT2D eigenvalue weighted by molar-refractivity contribution is 5.77. The van der Waals surface area contributed by atoms with Gasteiger partial charge in [0.1, 0.15) is 11.6 Å². The molecule has 0 saturated heterocycles. The van der Waals surface area contributed by atoms with Crippen molar-refractivity contribution in [3.8, 4) is 5.75 Å². The Labute approximate surface area is 126 Å². The molecule has 0 saturated carbocycles. The summed E-state index contributed by atoms with van der Waals surface area (Å²) in [6.45, 7) is 7.83. The first-order valence-electron chi connectivity index (χ1n) is 7.24. The van der Waals surface area contributed by atoms with Crippen molar-refractivity contribution in [2.24, 2.45) is 5.92 Å². The fraction of sp³-hybridized carbons (Fsp3) is 0.562. The molecule has 21 heavy (non-hydrogen) atoms. The van der Waals surface area contributed by atoms with Crippen LogP contribution < -0.4 is 15.4 Å². The largest absolute Gasteiger partial charge is 0.483 e. The van der Waals surface area contributed by atoms with Crippen molar-refractivity contribution in [1.29, 1.82) is 0 Å². The van der Waals surface area contributed by atoms with Crippen LogP contribution in [-0.4, -0.2) is 25.6 Å². The minimum absolute atomic E-state index is 0.0123. The molecule has 118 valence electrons. The van der Waals surface area contributed by atoms with Crippen LogP contribution in [-0.2, 0) is 4.79 Å². The molecule has 2 atom stereocenters. The summed E-state index contributed by atoms with van der Waals surface area (Å²) in [6.07, 6.45) is 0. The minimum atomic E-state index is -0.381. The Bertz CT molecular complexity index is 477. The molecule has 0 aliphatic carbocycles. The zero-order valence-electron chi connectivity index (χ0n) is 13.4. The van der Waals surface area contributed by atoms with Crippen molar-refractivity contribution in [3.63, 3.8) is 0 Å². The highest BCUT2D eigenvalue weighted by atomic mass is 19.1. The van der Waals surface area contributed by atoms with Gasteiger partial charge in [0.25, 0.3) is 5.91 Å². The molecular weight excluding hydrogens is 271 g/mol. The van der Waals surface area contributed by atoms with Crippen LogP contribution in [0, 0.1) is 11.7 Å². The Morgan fingerprint density at radius 1 is 1.29 bits per heavy atom. The van der Waals surface area contributed by atoms with E-state index >= 15 is 0 Å². The summed E-state index contributed by atoms with van der Waals surface area (Å²) in [7, 11) is 1.81. The van der Waals surface area contributed by atoms with E-state index in [1.807, 2.05) is 34.7 Å². The minimum Gasteiger partial charge on any atom is -0.483 e. The number of carbonyl (C=O) groups is 1. The van der Waals surface area contributed by atoms with Gasteiger partial charge in [-0.3, -0.25) is 4.79 Å². The van der Waals surface area contributed by atoms with E-state index in [1.54, 1.807) is 6.07 Å². The van der Waals surface area contributed by atoms with E-state index in [-0.39, 0.29) is 30.4 Å². The lowest BCUT2D eigenvalue weighted by Crippen LogP contribution is -2.39. The highest BCUT2D eigenvalue weighted by Gasteiger charge is 2.14. The van der Waals surface area contributed by atoms with Gasteiger partial charge in [0.15, 0.2) is 6.61 Å². The maximum Gasteiger partial charge on any atom is 0.258 e. The summed E-state index contributed by atoms with van der Waals surface area (Å²) in [5.41, 5.74) is 0.823. The Balaban J connectivity index is 2.70. The predicted octanol–water partition coefficient (Wildman–Crippen LogP) is 2.65. The number of nitrogens with one attached hydrogen (secondary N) is 2. The summed E-state index contributed by atoms with van der Waals surface area (Å²) < 4.78 is 18.8. The first kappa shape index (κ1) is 17.4. The zero-order valence-corrected chi connectivity index (χ0v) is 13.4. The fourth-order valence-corrected chi connectivity index (χ4v) is 1.75. The predicted molar refractivity (Wildman–Crippen MR) is 81.8 cm³/mol. The number of halogens is 1. The normalized spacial score (nSPS) is 13.9. The van der Waals surface area contributed by atoms with Crippen molar-refractivity contribution in [3.05, 3.63) is 29.6 Å². The van der Waals surface area contributed by atoms with Gasteiger partial charge in [0.2, 0.25) is 0 Å². The van der Waals surface area contributed by atoms with Crippen molar-refractivity contribution in [2.45, 2.75) is 39.8 Å². The van der Waals surface area contributed by atoms with Gasteiger partial charge < -0.3 is 15.4 Å². The Hall–Kier alpha value is -1.62. The Morgan fingerprint density at radius 2 is 1.95 bits per heavy atom. The molecule has 1 aromatic rings. The summed E-state index contributed by atoms with van der Waals surface area (Å²) in [5.74, 6) is 0.156. The molecule has 1 rings (SSSR count). The quantitative estimate of drug-likeness (QED) is 0.813. The second kappa shape index (κ2) is 7.98. The number of amides is 1. The van der Waals surface area contributed by atoms with Crippen molar-refractivity contribution in [2.75, 3.05) is 13.7 Å². The molecule has 0 spiro atoms. The lowest BCUT2D eigenvalue weighted by molar-refractivity contribution is -0.124. The molecule has 0 radical (unpaired) electrons. The Kier molecular flexibility index (Phi) is 6.62. The SMILES string of the molecule is CNC(C)c1ccc(F)cc1OCC(=O)NC(C)C(C)C. The van der Waals surface area contributed by atoms with Crippen LogP contribution in [0.4, 0.5) is 4.39 Å². The molecule has 0 bridgehead atoms. The van der Waals surface area contributed by atoms with Gasteiger partial charge in [-0.2, -0.15) is 0 Å². The standard InChI is InChI=1S/C16H25FN2O2/c1-10(2)11(3)19-16(20)9-21-15-8-13(17)6-7-14(15)12(4)18-5/h6-8,10-12,18H,9H2,1-5H3,(H,19,20). The molecule has 0 aromatic heterocycles. The van der Waals surface area contributed by atoms with Gasteiger partial charge >= 0.3 is 0 Å². The average molecular weight is 296 g/mol. The molecular formula is C16H25FN2O2. The van der Waals surface area contributed by atoms with E-state index in [4.69, 9.17) is 4.74 Å². The van der Waals surface area contributed by atoms with E-state index in [1.165, 1.54) is 12.1 Å². The third kappa shape index (κ3) is 5.34. The summed E-state index contributed by atoms with van der Waals surface area (Å²) in [5, 5.41) is 5.93. The smallest absolute Gasteiger partial charge is 0.258 e. The summed E-state index contributed by atoms with van der Waals surface area (Å²) in [4.78, 5) is 11.8. The third-order valence-corrected chi connectivity index (χ3v) is 3.62. The van der Waals surface area contributed by atoms with E-state index in [9.17, 15) is 9.18 Å². The zero-order chi connectivity index (χ0) is 16.0. The van der Waals surface area contributed by atoms with Gasteiger partial charge in [-0.05, 0) is 32.9 Å². The first-order chi connectivity index (χ1) is 9.85. The number of benzene rings is 1. The number of hydrogen-bond donors (Lipinski definition) is 2. The van der Waals surface area contributed by atoms with E-state index in [0.29, 0.717) is 11.7 Å². The van der Waals surface area contributed by atoms with Crippen molar-refractivity contribution >= 4 is 5.91 Å². The maximum absolute atomic E-state index is 13.4. The van der Waals surface area contributed by atoms with Gasteiger partial charge in [0, 0.05) is 23.7 Å². The Morgan fingerprint density at radius 3 is 2.52 bits per heavy atom. The molecule has 0 heterocycles. The lowest BCUT2D eigenvalue weighted by atomic mass is 10.1. The van der Waals surface area contributed by atoms with Gasteiger partial charge in [0.05, 0.1) is 0 Å². The molecule has 1 aromatic carbocycles. The van der Waals surface area contributed by atoms with E-state index in [0.717, 1.165) is 5.56 Å². The van der Waals surface area contributed by atoms with E-state index < -0.39 is 0 Å². The van der Waals surface area contributed by atoms with Crippen LogP contribution in [0.3, 0.4) is 0 Å². The first-order valence-corrected chi connectivity index (χ1v) is 7.24. The van der Waals surface area contributed by atoms with Gasteiger partial charge in [-0.1, -0.05) is 19.9 Å². The topological polar surface area (TPSA) is 50.4 Å². The third-order valence-electron chi connectivity index (χ3n) is 3.62. The number of carbonyl (C=O) groups excluding carboxylic acids is 1. The van der Waals surface area contributed by atoms with Crippen LogP contribution in [0.15, 0.2) is 18.2 Å². The monoisotopic (exact) mass is 296 g/mol. The van der Waals surface area contributed by atoms with Crippen LogP contribution in [0.1, 0.15) is 39.3 Å². The fourth-order valence-electron chi connectivity index (χ4n) is 1.75. The summed E-state index contributed by atoms with van der Waals surface area (Å²) >= 11 is 0. The number of ether oxygens (including phenoxy) is 1. The maximum atomic E-state index is 13.4. The molecule has 0 aliphatic rings. The van der Waals surface area contributed by atoms with Crippen LogP contribution in [0.25, 0.3) is 0 Å². The summed E-state index contributed by atoms with van der Waals surface area (Å²) in [6, 6.07) is 4.45. The van der Waals surface area contributed by atoms with Crippen LogP contribution in [0.2, 0.25) is 0 Å². The molecule has 2 unspecified atom stereocenters. The number of rotatable bonds is 7. The molecule has 0 fully saturated rings.